The van der Waals surface area contributed by atoms with Gasteiger partial charge in [-0.15, -0.1) is 11.8 Å². The highest BCUT2D eigenvalue weighted by Crippen LogP contribution is 2.44. The fraction of sp³-hybridized carbons (Fsp3) is 0.440. The van der Waals surface area contributed by atoms with Gasteiger partial charge in [-0.3, -0.25) is 4.79 Å². The minimum absolute atomic E-state index is 0.0443. The number of para-hydroxylation sites is 1. The molecule has 0 aliphatic carbocycles. The van der Waals surface area contributed by atoms with Crippen molar-refractivity contribution < 1.29 is 9.59 Å². The van der Waals surface area contributed by atoms with Crippen LogP contribution in [0, 0.1) is 13.8 Å². The van der Waals surface area contributed by atoms with Gasteiger partial charge in [0.25, 0.3) is 0 Å². The number of benzene rings is 2. The van der Waals surface area contributed by atoms with Crippen molar-refractivity contribution in [3.8, 4) is 0 Å². The molecule has 3 amide bonds. The number of thioether (sulfide) groups is 1. The summed E-state index contributed by atoms with van der Waals surface area (Å²) in [5.41, 5.74) is 4.25. The predicted molar refractivity (Wildman–Crippen MR) is 127 cm³/mol. The lowest BCUT2D eigenvalue weighted by Gasteiger charge is -2.44. The largest absolute Gasteiger partial charge is 0.327 e. The Kier molecular flexibility index (Phi) is 6.56. The van der Waals surface area contributed by atoms with Crippen molar-refractivity contribution >= 4 is 29.4 Å². The summed E-state index contributed by atoms with van der Waals surface area (Å²) in [6.07, 6.45) is 2.98. The number of likely N-dealkylation sites (tertiary alicyclic amines) is 1. The van der Waals surface area contributed by atoms with Crippen LogP contribution < -0.4 is 5.32 Å². The molecule has 0 bridgehead atoms. The number of nitrogens with zero attached hydrogens (tertiary/aromatic N) is 2. The maximum Gasteiger partial charge on any atom is 0.321 e. The van der Waals surface area contributed by atoms with Gasteiger partial charge in [0.15, 0.2) is 0 Å². The van der Waals surface area contributed by atoms with Gasteiger partial charge >= 0.3 is 6.03 Å². The average molecular weight is 438 g/mol. The molecule has 6 heteroatoms. The molecule has 2 aromatic rings. The summed E-state index contributed by atoms with van der Waals surface area (Å²) in [5.74, 6) is 1.22. The summed E-state index contributed by atoms with van der Waals surface area (Å²) in [7, 11) is 0. The monoisotopic (exact) mass is 437 g/mol. The van der Waals surface area contributed by atoms with Gasteiger partial charge in [0.05, 0.1) is 4.87 Å². The van der Waals surface area contributed by atoms with E-state index >= 15 is 0 Å². The van der Waals surface area contributed by atoms with Gasteiger partial charge in [0.1, 0.15) is 0 Å². The van der Waals surface area contributed by atoms with Crippen molar-refractivity contribution in [1.29, 1.82) is 0 Å². The molecule has 0 atom stereocenters. The number of nitrogens with one attached hydrogen (secondary N) is 1. The Morgan fingerprint density at radius 2 is 1.65 bits per heavy atom. The van der Waals surface area contributed by atoms with Crippen LogP contribution >= 0.6 is 11.8 Å². The number of piperidine rings is 1. The van der Waals surface area contributed by atoms with Crippen LogP contribution in [0.3, 0.4) is 0 Å². The average Bonchev–Trinajstić information content (AvgIpc) is 3.19. The normalized spacial score (nSPS) is 17.7. The second kappa shape index (κ2) is 9.35. The van der Waals surface area contributed by atoms with Gasteiger partial charge in [-0.2, -0.15) is 0 Å². The van der Waals surface area contributed by atoms with Crippen molar-refractivity contribution in [2.24, 2.45) is 0 Å². The van der Waals surface area contributed by atoms with E-state index in [0.29, 0.717) is 19.5 Å². The number of rotatable bonds is 4. The zero-order valence-electron chi connectivity index (χ0n) is 18.4. The molecule has 1 spiro atoms. The van der Waals surface area contributed by atoms with E-state index in [1.807, 2.05) is 66.9 Å². The molecular formula is C25H31N3O2S. The molecule has 2 aliphatic rings. The smallest absolute Gasteiger partial charge is 0.321 e. The summed E-state index contributed by atoms with van der Waals surface area (Å²) in [5, 5.41) is 3.10. The molecule has 5 nitrogen and oxygen atoms in total. The van der Waals surface area contributed by atoms with Gasteiger partial charge in [-0.1, -0.05) is 48.5 Å². The maximum atomic E-state index is 13.0. The first kappa shape index (κ1) is 21.8. The summed E-state index contributed by atoms with van der Waals surface area (Å²) < 4.78 is 0. The molecule has 2 heterocycles. The Balaban J connectivity index is 1.35. The quantitative estimate of drug-likeness (QED) is 0.745. The van der Waals surface area contributed by atoms with Crippen LogP contribution in [0.15, 0.2) is 48.5 Å². The third-order valence-electron chi connectivity index (χ3n) is 6.49. The van der Waals surface area contributed by atoms with Crippen molar-refractivity contribution in [2.45, 2.75) is 44.4 Å². The van der Waals surface area contributed by atoms with E-state index in [4.69, 9.17) is 0 Å². The van der Waals surface area contributed by atoms with Crippen LogP contribution in [-0.4, -0.2) is 52.0 Å². The minimum Gasteiger partial charge on any atom is -0.327 e. The first-order valence-corrected chi connectivity index (χ1v) is 12.1. The number of hydrogen-bond acceptors (Lipinski definition) is 3. The molecule has 0 radical (unpaired) electrons. The summed E-state index contributed by atoms with van der Waals surface area (Å²) in [6.45, 7) is 6.19. The molecule has 2 aliphatic heterocycles. The molecule has 0 unspecified atom stereocenters. The zero-order valence-corrected chi connectivity index (χ0v) is 19.2. The molecule has 31 heavy (non-hydrogen) atoms. The Hall–Kier alpha value is -2.47. The number of aryl methyl sites for hydroxylation is 3. The molecule has 164 valence electrons. The van der Waals surface area contributed by atoms with Crippen LogP contribution in [-0.2, 0) is 11.2 Å². The Morgan fingerprint density at radius 1 is 0.968 bits per heavy atom. The van der Waals surface area contributed by atoms with E-state index in [1.54, 1.807) is 0 Å². The van der Waals surface area contributed by atoms with Crippen LogP contribution in [0.4, 0.5) is 10.5 Å². The molecule has 1 N–H and O–H groups in total. The van der Waals surface area contributed by atoms with E-state index in [2.05, 4.69) is 22.3 Å². The first-order valence-electron chi connectivity index (χ1n) is 11.1. The second-order valence-corrected chi connectivity index (χ2v) is 9.97. The molecule has 4 rings (SSSR count). The zero-order chi connectivity index (χ0) is 21.8. The third kappa shape index (κ3) is 4.74. The summed E-state index contributed by atoms with van der Waals surface area (Å²) in [4.78, 5) is 29.8. The Morgan fingerprint density at radius 3 is 2.32 bits per heavy atom. The number of hydrogen-bond donors (Lipinski definition) is 1. The SMILES string of the molecule is Cc1cccc(C)c1NC(=O)N1CCC2(CC1)SCCN2C(=O)CCc1ccccc1. The van der Waals surface area contributed by atoms with Crippen molar-refractivity contribution in [1.82, 2.24) is 9.80 Å². The standard InChI is InChI=1S/C25H31N3O2S/c1-19-7-6-8-20(2)23(19)26-24(30)27-15-13-25(14-16-27)28(17-18-31-25)22(29)12-11-21-9-4-3-5-10-21/h3-10H,11-18H2,1-2H3,(H,26,30). The van der Waals surface area contributed by atoms with Gasteiger partial charge in [0, 0.05) is 37.5 Å². The lowest BCUT2D eigenvalue weighted by atomic mass is 10.0. The van der Waals surface area contributed by atoms with Crippen molar-refractivity contribution in [3.63, 3.8) is 0 Å². The summed E-state index contributed by atoms with van der Waals surface area (Å²) in [6, 6.07) is 16.2. The van der Waals surface area contributed by atoms with Crippen LogP contribution in [0.5, 0.6) is 0 Å². The van der Waals surface area contributed by atoms with Crippen molar-refractivity contribution in [2.75, 3.05) is 30.7 Å². The van der Waals surface area contributed by atoms with Gasteiger partial charge in [-0.05, 0) is 49.8 Å². The van der Waals surface area contributed by atoms with E-state index in [1.165, 1.54) is 5.56 Å². The number of amides is 3. The topological polar surface area (TPSA) is 52.7 Å². The number of carbonyl (C=O) groups is 2. The highest BCUT2D eigenvalue weighted by atomic mass is 32.2. The van der Waals surface area contributed by atoms with Gasteiger partial charge in [0.2, 0.25) is 5.91 Å². The van der Waals surface area contributed by atoms with E-state index < -0.39 is 0 Å². The van der Waals surface area contributed by atoms with Gasteiger partial charge < -0.3 is 15.1 Å². The highest BCUT2D eigenvalue weighted by molar-refractivity contribution is 8.00. The number of anilines is 1. The highest BCUT2D eigenvalue weighted by Gasteiger charge is 2.46. The van der Waals surface area contributed by atoms with Crippen LogP contribution in [0.2, 0.25) is 0 Å². The van der Waals surface area contributed by atoms with E-state index in [-0.39, 0.29) is 16.8 Å². The minimum atomic E-state index is -0.150. The number of carbonyl (C=O) groups excluding carboxylic acids is 2. The Labute approximate surface area is 189 Å². The lowest BCUT2D eigenvalue weighted by molar-refractivity contribution is -0.134. The van der Waals surface area contributed by atoms with Crippen LogP contribution in [0.25, 0.3) is 0 Å². The molecular weight excluding hydrogens is 406 g/mol. The Bertz CT molecular complexity index is 919. The predicted octanol–water partition coefficient (Wildman–Crippen LogP) is 4.84. The fourth-order valence-corrected chi connectivity index (χ4v) is 6.14. The lowest BCUT2D eigenvalue weighted by Crippen LogP contribution is -2.54. The summed E-state index contributed by atoms with van der Waals surface area (Å²) >= 11 is 1.89. The third-order valence-corrected chi connectivity index (χ3v) is 8.05. The fourth-order valence-electron chi connectivity index (χ4n) is 4.66. The molecule has 2 aromatic carbocycles. The molecule has 2 fully saturated rings. The molecule has 0 saturated carbocycles. The molecule has 0 aromatic heterocycles. The second-order valence-electron chi connectivity index (χ2n) is 8.51. The van der Waals surface area contributed by atoms with Crippen LogP contribution in [0.1, 0.15) is 36.0 Å². The number of urea groups is 1. The van der Waals surface area contributed by atoms with Gasteiger partial charge in [-0.25, -0.2) is 4.79 Å². The van der Waals surface area contributed by atoms with Crippen molar-refractivity contribution in [3.05, 3.63) is 65.2 Å². The maximum absolute atomic E-state index is 13.0. The molecule has 2 saturated heterocycles. The van der Waals surface area contributed by atoms with E-state index in [9.17, 15) is 9.59 Å². The van der Waals surface area contributed by atoms with E-state index in [0.717, 1.165) is 48.4 Å². The first-order chi connectivity index (χ1) is 15.0.